The molecule has 1 heterocycles. The van der Waals surface area contributed by atoms with Crippen molar-refractivity contribution in [1.29, 1.82) is 0 Å². The van der Waals surface area contributed by atoms with Gasteiger partial charge in [0.1, 0.15) is 5.75 Å². The van der Waals surface area contributed by atoms with Gasteiger partial charge >= 0.3 is 6.18 Å². The van der Waals surface area contributed by atoms with Crippen LogP contribution in [0.5, 0.6) is 5.75 Å². The van der Waals surface area contributed by atoms with Crippen LogP contribution in [0.4, 0.5) is 13.2 Å². The number of carbonyl (C=O) groups is 1. The normalized spacial score (nSPS) is 12.7. The first-order valence-corrected chi connectivity index (χ1v) is 6.87. The van der Waals surface area contributed by atoms with E-state index in [0.29, 0.717) is 5.75 Å². The number of carbonyl (C=O) groups excluding carboxylic acids is 1. The highest BCUT2D eigenvalue weighted by molar-refractivity contribution is 5.80. The number of alkyl halides is 3. The zero-order valence-electron chi connectivity index (χ0n) is 12.6. The molecule has 0 aliphatic rings. The second-order valence-corrected chi connectivity index (χ2v) is 4.93. The van der Waals surface area contributed by atoms with Crippen molar-refractivity contribution < 1.29 is 22.7 Å². The maximum atomic E-state index is 12.6. The maximum absolute atomic E-state index is 12.6. The van der Waals surface area contributed by atoms with Crippen LogP contribution in [0, 0.1) is 0 Å². The fourth-order valence-corrected chi connectivity index (χ4v) is 1.89. The highest BCUT2D eigenvalue weighted by Gasteiger charge is 2.34. The molecule has 1 amide bonds. The molecule has 0 bridgehead atoms. The van der Waals surface area contributed by atoms with Gasteiger partial charge in [0.25, 0.3) is 5.91 Å². The minimum absolute atomic E-state index is 0.0685. The monoisotopic (exact) mass is 327 g/mol. The minimum Gasteiger partial charge on any atom is -0.481 e. The van der Waals surface area contributed by atoms with Crippen LogP contribution in [0.15, 0.2) is 36.4 Å². The molecule has 1 N–H and O–H groups in total. The molecule has 1 aromatic heterocycles. The average molecular weight is 327 g/mol. The fourth-order valence-electron chi connectivity index (χ4n) is 1.89. The first-order chi connectivity index (χ1) is 10.8. The van der Waals surface area contributed by atoms with Gasteiger partial charge in [-0.15, -0.1) is 0 Å². The Labute approximate surface area is 131 Å². The van der Waals surface area contributed by atoms with Crippen LogP contribution in [0.3, 0.4) is 0 Å². The predicted octanol–water partition coefficient (Wildman–Crippen LogP) is 2.52. The van der Waals surface area contributed by atoms with Gasteiger partial charge in [0.15, 0.2) is 11.8 Å². The van der Waals surface area contributed by atoms with Crippen LogP contribution in [0.25, 0.3) is 0 Å². The molecule has 124 valence electrons. The standard InChI is InChI=1S/C15H16F3N3O2/c1-10(23-12-6-4-3-5-7-12)14(22)19-9-11-8-13(15(16,17)18)20-21(11)2/h3-8,10H,9H2,1-2H3,(H,19,22). The number of amides is 1. The number of hydrogen-bond donors (Lipinski definition) is 1. The number of aryl methyl sites for hydroxylation is 1. The first-order valence-electron chi connectivity index (χ1n) is 6.87. The van der Waals surface area contributed by atoms with E-state index in [1.54, 1.807) is 31.2 Å². The Kier molecular flexibility index (Phi) is 4.92. The SMILES string of the molecule is CC(Oc1ccccc1)C(=O)NCc1cc(C(F)(F)F)nn1C. The van der Waals surface area contributed by atoms with Crippen LogP contribution < -0.4 is 10.1 Å². The van der Waals surface area contributed by atoms with Crippen molar-refractivity contribution in [1.82, 2.24) is 15.1 Å². The largest absolute Gasteiger partial charge is 0.481 e. The molecule has 2 aromatic rings. The van der Waals surface area contributed by atoms with E-state index in [2.05, 4.69) is 10.4 Å². The van der Waals surface area contributed by atoms with E-state index in [4.69, 9.17) is 4.74 Å². The Morgan fingerprint density at radius 3 is 2.57 bits per heavy atom. The van der Waals surface area contributed by atoms with Crippen molar-refractivity contribution in [2.75, 3.05) is 0 Å². The molecule has 0 radical (unpaired) electrons. The number of para-hydroxylation sites is 1. The zero-order chi connectivity index (χ0) is 17.0. The summed E-state index contributed by atoms with van der Waals surface area (Å²) >= 11 is 0. The van der Waals surface area contributed by atoms with E-state index >= 15 is 0 Å². The molecule has 1 atom stereocenters. The van der Waals surface area contributed by atoms with Crippen LogP contribution in [0.2, 0.25) is 0 Å². The Morgan fingerprint density at radius 2 is 2.00 bits per heavy atom. The van der Waals surface area contributed by atoms with E-state index in [9.17, 15) is 18.0 Å². The van der Waals surface area contributed by atoms with E-state index in [1.165, 1.54) is 7.05 Å². The molecule has 1 unspecified atom stereocenters. The predicted molar refractivity (Wildman–Crippen MR) is 76.6 cm³/mol. The zero-order valence-corrected chi connectivity index (χ0v) is 12.6. The topological polar surface area (TPSA) is 56.1 Å². The van der Waals surface area contributed by atoms with Gasteiger partial charge in [-0.25, -0.2) is 0 Å². The lowest BCUT2D eigenvalue weighted by Gasteiger charge is -2.14. The number of ether oxygens (including phenoxy) is 1. The van der Waals surface area contributed by atoms with Gasteiger partial charge in [-0.1, -0.05) is 18.2 Å². The van der Waals surface area contributed by atoms with Crippen molar-refractivity contribution in [2.45, 2.75) is 25.7 Å². The fraction of sp³-hybridized carbons (Fsp3) is 0.333. The van der Waals surface area contributed by atoms with Crippen LogP contribution in [0.1, 0.15) is 18.3 Å². The van der Waals surface area contributed by atoms with Crippen LogP contribution >= 0.6 is 0 Å². The molecule has 2 rings (SSSR count). The molecule has 0 aliphatic heterocycles. The average Bonchev–Trinajstić information content (AvgIpc) is 2.87. The summed E-state index contributed by atoms with van der Waals surface area (Å²) in [6.07, 6.45) is -5.28. The minimum atomic E-state index is -4.51. The molecule has 5 nitrogen and oxygen atoms in total. The smallest absolute Gasteiger partial charge is 0.435 e. The Bertz CT molecular complexity index is 668. The van der Waals surface area contributed by atoms with E-state index < -0.39 is 23.9 Å². The summed E-state index contributed by atoms with van der Waals surface area (Å²) in [6, 6.07) is 9.69. The van der Waals surface area contributed by atoms with Gasteiger partial charge in [-0.05, 0) is 25.1 Å². The van der Waals surface area contributed by atoms with Crippen molar-refractivity contribution in [3.63, 3.8) is 0 Å². The van der Waals surface area contributed by atoms with E-state index in [1.807, 2.05) is 6.07 Å². The van der Waals surface area contributed by atoms with Crippen LogP contribution in [-0.4, -0.2) is 21.8 Å². The number of benzene rings is 1. The Morgan fingerprint density at radius 1 is 1.35 bits per heavy atom. The third-order valence-electron chi connectivity index (χ3n) is 3.14. The third-order valence-corrected chi connectivity index (χ3v) is 3.14. The van der Waals surface area contributed by atoms with Crippen LogP contribution in [-0.2, 0) is 24.6 Å². The summed E-state index contributed by atoms with van der Waals surface area (Å²) in [5.41, 5.74) is -0.740. The van der Waals surface area contributed by atoms with E-state index in [0.717, 1.165) is 10.7 Å². The maximum Gasteiger partial charge on any atom is 0.435 e. The number of nitrogens with zero attached hydrogens (tertiary/aromatic N) is 2. The number of halogens is 3. The van der Waals surface area contributed by atoms with Gasteiger partial charge in [0, 0.05) is 7.05 Å². The van der Waals surface area contributed by atoms with Crippen molar-refractivity contribution in [3.8, 4) is 5.75 Å². The molecule has 1 aromatic carbocycles. The molecule has 8 heteroatoms. The van der Waals surface area contributed by atoms with Gasteiger partial charge in [-0.3, -0.25) is 9.48 Å². The molecular formula is C15H16F3N3O2. The highest BCUT2D eigenvalue weighted by Crippen LogP contribution is 2.28. The summed E-state index contributed by atoms with van der Waals surface area (Å²) in [5.74, 6) is 0.110. The molecule has 0 aliphatic carbocycles. The first kappa shape index (κ1) is 16.9. The molecule has 23 heavy (non-hydrogen) atoms. The number of hydrogen-bond acceptors (Lipinski definition) is 3. The lowest BCUT2D eigenvalue weighted by atomic mass is 10.3. The summed E-state index contributed by atoms with van der Waals surface area (Å²) in [6.45, 7) is 1.49. The number of aromatic nitrogens is 2. The summed E-state index contributed by atoms with van der Waals surface area (Å²) < 4.78 is 44.2. The van der Waals surface area contributed by atoms with Gasteiger partial charge in [-0.2, -0.15) is 18.3 Å². The second kappa shape index (κ2) is 6.72. The van der Waals surface area contributed by atoms with E-state index in [-0.39, 0.29) is 12.2 Å². The van der Waals surface area contributed by atoms with Crippen molar-refractivity contribution in [2.24, 2.45) is 7.05 Å². The molecular weight excluding hydrogens is 311 g/mol. The quantitative estimate of drug-likeness (QED) is 0.918. The molecule has 0 saturated heterocycles. The Hall–Kier alpha value is -2.51. The lowest BCUT2D eigenvalue weighted by molar-refractivity contribution is -0.141. The van der Waals surface area contributed by atoms with Gasteiger partial charge < -0.3 is 10.1 Å². The molecule has 0 spiro atoms. The second-order valence-electron chi connectivity index (χ2n) is 4.93. The Balaban J connectivity index is 1.93. The summed E-state index contributed by atoms with van der Waals surface area (Å²) in [5, 5.41) is 5.91. The number of nitrogens with one attached hydrogen (secondary N) is 1. The molecule has 0 saturated carbocycles. The third kappa shape index (κ3) is 4.48. The van der Waals surface area contributed by atoms with Gasteiger partial charge in [0.2, 0.25) is 0 Å². The summed E-state index contributed by atoms with van der Waals surface area (Å²) in [7, 11) is 1.39. The summed E-state index contributed by atoms with van der Waals surface area (Å²) in [4.78, 5) is 11.9. The van der Waals surface area contributed by atoms with Gasteiger partial charge in [0.05, 0.1) is 12.2 Å². The highest BCUT2D eigenvalue weighted by atomic mass is 19.4. The number of rotatable bonds is 5. The lowest BCUT2D eigenvalue weighted by Crippen LogP contribution is -2.36. The van der Waals surface area contributed by atoms with Crippen molar-refractivity contribution >= 4 is 5.91 Å². The van der Waals surface area contributed by atoms with Crippen molar-refractivity contribution in [3.05, 3.63) is 47.8 Å². The molecule has 0 fully saturated rings.